The highest BCUT2D eigenvalue weighted by Gasteiger charge is 2.20. The van der Waals surface area contributed by atoms with Gasteiger partial charge in [-0.2, -0.15) is 4.42 Å². The van der Waals surface area contributed by atoms with E-state index in [-0.39, 0.29) is 5.75 Å². The third-order valence-electron chi connectivity index (χ3n) is 3.13. The molecule has 0 amide bonds. The maximum Gasteiger partial charge on any atom is 0.413 e. The Kier molecular flexibility index (Phi) is 3.84. The van der Waals surface area contributed by atoms with Crippen molar-refractivity contribution in [3.63, 3.8) is 0 Å². The van der Waals surface area contributed by atoms with Gasteiger partial charge in [0.25, 0.3) is 0 Å². The Labute approximate surface area is 127 Å². The summed E-state index contributed by atoms with van der Waals surface area (Å²) in [5.41, 5.74) is 3.18. The molecule has 3 aromatic rings. The van der Waals surface area contributed by atoms with Crippen LogP contribution in [-0.4, -0.2) is 5.11 Å². The molecule has 1 N–H and O–H groups in total. The monoisotopic (exact) mass is 295 g/mol. The molecule has 1 aromatic heterocycles. The minimum atomic E-state index is 0.275. The fourth-order valence-corrected chi connectivity index (χ4v) is 2.82. The molecule has 0 spiro atoms. The molecule has 2 nitrogen and oxygen atoms in total. The molecule has 0 aliphatic heterocycles. The molecular formula is C18H15O2S+. The van der Waals surface area contributed by atoms with E-state index in [1.807, 2.05) is 60.8 Å². The van der Waals surface area contributed by atoms with Crippen molar-refractivity contribution in [1.82, 2.24) is 0 Å². The summed E-state index contributed by atoms with van der Waals surface area (Å²) >= 11 is 1.59. The molecule has 0 aliphatic rings. The van der Waals surface area contributed by atoms with Crippen molar-refractivity contribution in [2.45, 2.75) is 6.92 Å². The topological polar surface area (TPSA) is 31.5 Å². The third kappa shape index (κ3) is 3.20. The molecule has 3 heteroatoms. The molecule has 1 heterocycles. The number of aromatic hydroxyl groups is 1. The molecule has 3 rings (SSSR count). The predicted molar refractivity (Wildman–Crippen MR) is 88.1 cm³/mol. The minimum absolute atomic E-state index is 0.275. The van der Waals surface area contributed by atoms with Crippen LogP contribution in [0.15, 0.2) is 64.4 Å². The van der Waals surface area contributed by atoms with E-state index in [4.69, 9.17) is 4.42 Å². The summed E-state index contributed by atoms with van der Waals surface area (Å²) in [6.45, 7) is 2.02. The molecule has 0 atom stereocenters. The standard InChI is InChI=1S/C18H14O2S/c1-13(11-14-7-9-16(19)10-8-14)18-20-17(12-21-18)15-5-3-2-4-6-15/h2-12H,1H3/p+1/b13-11+. The molecule has 0 unspecified atom stereocenters. The predicted octanol–water partition coefficient (Wildman–Crippen LogP) is 5.56. The van der Waals surface area contributed by atoms with Crippen LogP contribution in [0.2, 0.25) is 0 Å². The van der Waals surface area contributed by atoms with E-state index in [0.29, 0.717) is 0 Å². The molecule has 21 heavy (non-hydrogen) atoms. The van der Waals surface area contributed by atoms with Gasteiger partial charge in [-0.25, -0.2) is 0 Å². The van der Waals surface area contributed by atoms with Gasteiger partial charge in [-0.05, 0) is 54.2 Å². The van der Waals surface area contributed by atoms with Gasteiger partial charge >= 0.3 is 10.8 Å². The molecule has 0 saturated carbocycles. The first kappa shape index (κ1) is 13.6. The van der Waals surface area contributed by atoms with Crippen molar-refractivity contribution in [1.29, 1.82) is 0 Å². The molecule has 2 aromatic carbocycles. The zero-order valence-electron chi connectivity index (χ0n) is 11.6. The van der Waals surface area contributed by atoms with Crippen molar-refractivity contribution in [3.8, 4) is 17.1 Å². The zero-order chi connectivity index (χ0) is 14.7. The van der Waals surface area contributed by atoms with Crippen LogP contribution in [0.25, 0.3) is 23.0 Å². The SMILES string of the molecule is C/C(=C\c1ccc(O)cc1)c1[o+]c(-c2ccccc2)cs1. The average Bonchev–Trinajstić information content (AvgIpc) is 3.00. The number of phenols is 1. The van der Waals surface area contributed by atoms with E-state index >= 15 is 0 Å². The van der Waals surface area contributed by atoms with Gasteiger partial charge in [-0.3, -0.25) is 0 Å². The normalized spacial score (nSPS) is 11.6. The second-order valence-corrected chi connectivity index (χ2v) is 5.62. The first-order chi connectivity index (χ1) is 10.2. The molecule has 0 aliphatic carbocycles. The number of benzene rings is 2. The lowest BCUT2D eigenvalue weighted by atomic mass is 10.1. The summed E-state index contributed by atoms with van der Waals surface area (Å²) < 4.78 is 5.93. The van der Waals surface area contributed by atoms with Crippen molar-refractivity contribution in [3.05, 3.63) is 70.6 Å². The molecule has 0 radical (unpaired) electrons. The highest BCUT2D eigenvalue weighted by molar-refractivity contribution is 7.10. The van der Waals surface area contributed by atoms with Crippen LogP contribution < -0.4 is 0 Å². The highest BCUT2D eigenvalue weighted by atomic mass is 32.1. The van der Waals surface area contributed by atoms with Crippen LogP contribution in [0.3, 0.4) is 0 Å². The van der Waals surface area contributed by atoms with Crippen LogP contribution in [0.5, 0.6) is 5.75 Å². The Morgan fingerprint density at radius 1 is 1.05 bits per heavy atom. The summed E-state index contributed by atoms with van der Waals surface area (Å²) in [6, 6.07) is 17.2. The van der Waals surface area contributed by atoms with Gasteiger partial charge in [-0.15, -0.1) is 0 Å². The lowest BCUT2D eigenvalue weighted by Gasteiger charge is -1.94. The Balaban J connectivity index is 1.87. The lowest BCUT2D eigenvalue weighted by Crippen LogP contribution is -1.76. The first-order valence-electron chi connectivity index (χ1n) is 6.67. The van der Waals surface area contributed by atoms with E-state index in [2.05, 4.69) is 0 Å². The minimum Gasteiger partial charge on any atom is -0.508 e. The van der Waals surface area contributed by atoms with Gasteiger partial charge in [0.15, 0.2) is 0 Å². The van der Waals surface area contributed by atoms with E-state index in [0.717, 1.165) is 27.5 Å². The van der Waals surface area contributed by atoms with Crippen LogP contribution in [0.4, 0.5) is 0 Å². The number of allylic oxidation sites excluding steroid dienone is 1. The number of hydrogen-bond acceptors (Lipinski definition) is 2. The van der Waals surface area contributed by atoms with Gasteiger partial charge in [0.1, 0.15) is 11.1 Å². The van der Waals surface area contributed by atoms with Crippen LogP contribution >= 0.6 is 11.3 Å². The molecular weight excluding hydrogens is 280 g/mol. The summed E-state index contributed by atoms with van der Waals surface area (Å²) in [5, 5.41) is 12.2. The van der Waals surface area contributed by atoms with Crippen LogP contribution in [-0.2, 0) is 0 Å². The Morgan fingerprint density at radius 2 is 1.76 bits per heavy atom. The second-order valence-electron chi connectivity index (χ2n) is 4.77. The maximum absolute atomic E-state index is 9.30. The van der Waals surface area contributed by atoms with E-state index in [9.17, 15) is 5.11 Å². The summed E-state index contributed by atoms with van der Waals surface area (Å²) in [5.74, 6) is 1.16. The van der Waals surface area contributed by atoms with Gasteiger partial charge < -0.3 is 5.11 Å². The average molecular weight is 295 g/mol. The first-order valence-corrected chi connectivity index (χ1v) is 7.55. The van der Waals surface area contributed by atoms with Gasteiger partial charge in [0.05, 0.1) is 11.1 Å². The van der Waals surface area contributed by atoms with Gasteiger partial charge in [0, 0.05) is 0 Å². The number of rotatable bonds is 3. The van der Waals surface area contributed by atoms with Crippen molar-refractivity contribution in [2.24, 2.45) is 0 Å². The molecule has 104 valence electrons. The second kappa shape index (κ2) is 5.94. The lowest BCUT2D eigenvalue weighted by molar-refractivity contribution is 0.475. The van der Waals surface area contributed by atoms with Gasteiger partial charge in [0.2, 0.25) is 0 Å². The van der Waals surface area contributed by atoms with E-state index < -0.39 is 0 Å². The van der Waals surface area contributed by atoms with E-state index in [1.54, 1.807) is 23.5 Å². The fraction of sp³-hybridized carbons (Fsp3) is 0.0556. The molecule has 0 fully saturated rings. The summed E-state index contributed by atoms with van der Waals surface area (Å²) in [6.07, 6.45) is 2.05. The number of hydrogen-bond donors (Lipinski definition) is 1. The zero-order valence-corrected chi connectivity index (χ0v) is 12.4. The summed E-state index contributed by atoms with van der Waals surface area (Å²) in [7, 11) is 0. The van der Waals surface area contributed by atoms with Gasteiger partial charge in [-0.1, -0.05) is 30.3 Å². The maximum atomic E-state index is 9.30. The van der Waals surface area contributed by atoms with Crippen molar-refractivity contribution in [2.75, 3.05) is 0 Å². The van der Waals surface area contributed by atoms with Crippen molar-refractivity contribution >= 4 is 23.0 Å². The fourth-order valence-electron chi connectivity index (χ4n) is 2.04. The van der Waals surface area contributed by atoms with Crippen LogP contribution in [0.1, 0.15) is 17.6 Å². The number of phenolic OH excluding ortho intramolecular Hbond substituents is 1. The smallest absolute Gasteiger partial charge is 0.413 e. The summed E-state index contributed by atoms with van der Waals surface area (Å²) in [4.78, 5) is 0. The Bertz CT molecular complexity index is 755. The molecule has 0 bridgehead atoms. The molecule has 0 saturated heterocycles. The van der Waals surface area contributed by atoms with Crippen molar-refractivity contribution < 1.29 is 9.52 Å². The Morgan fingerprint density at radius 3 is 2.48 bits per heavy atom. The van der Waals surface area contributed by atoms with Crippen LogP contribution in [0, 0.1) is 0 Å². The Hall–Kier alpha value is -2.39. The quantitative estimate of drug-likeness (QED) is 0.642. The highest BCUT2D eigenvalue weighted by Crippen LogP contribution is 2.30. The third-order valence-corrected chi connectivity index (χ3v) is 4.08. The largest absolute Gasteiger partial charge is 0.508 e. The van der Waals surface area contributed by atoms with E-state index in [1.165, 1.54) is 0 Å².